The smallest absolute Gasteiger partial charge is 0.325 e. The van der Waals surface area contributed by atoms with Gasteiger partial charge < -0.3 is 24.0 Å². The van der Waals surface area contributed by atoms with E-state index in [-0.39, 0.29) is 23.6 Å². The van der Waals surface area contributed by atoms with Crippen molar-refractivity contribution in [1.29, 1.82) is 0 Å². The number of nitrogens with zero attached hydrogens (tertiary/aromatic N) is 6. The molecule has 5 heterocycles. The fourth-order valence-corrected chi connectivity index (χ4v) is 6.86. The molecule has 1 saturated heterocycles. The van der Waals surface area contributed by atoms with E-state index in [1.165, 1.54) is 17.6 Å². The lowest BCUT2D eigenvalue weighted by atomic mass is 9.92. The molecule has 12 heteroatoms. The van der Waals surface area contributed by atoms with E-state index in [0.29, 0.717) is 22.9 Å². The maximum absolute atomic E-state index is 12.2. The Kier molecular flexibility index (Phi) is 7.94. The van der Waals surface area contributed by atoms with Crippen LogP contribution in [0.4, 0.5) is 5.82 Å². The van der Waals surface area contributed by atoms with E-state index in [2.05, 4.69) is 37.1 Å². The number of piperidine rings is 1. The lowest BCUT2D eigenvalue weighted by Gasteiger charge is -2.32. The second-order valence-corrected chi connectivity index (χ2v) is 12.0. The van der Waals surface area contributed by atoms with Gasteiger partial charge in [-0.25, -0.2) is 4.98 Å². The number of thiophene rings is 1. The van der Waals surface area contributed by atoms with Gasteiger partial charge in [0.25, 0.3) is 5.88 Å². The molecule has 0 aliphatic carbocycles. The number of carbonyl (C=O) groups excluding carboxylic acids is 1. The summed E-state index contributed by atoms with van der Waals surface area (Å²) < 4.78 is 16.1. The minimum absolute atomic E-state index is 0.0405. The quantitative estimate of drug-likeness (QED) is 0.203. The minimum Gasteiger partial charge on any atom is -0.507 e. The number of rotatable bonds is 8. The van der Waals surface area contributed by atoms with E-state index in [0.717, 1.165) is 42.0 Å². The zero-order valence-corrected chi connectivity index (χ0v) is 25.2. The Bertz CT molecular complexity index is 1760. The van der Waals surface area contributed by atoms with Gasteiger partial charge >= 0.3 is 12.0 Å². The molecule has 1 fully saturated rings. The third kappa shape index (κ3) is 5.74. The number of phenols is 1. The Morgan fingerprint density at radius 2 is 1.93 bits per heavy atom. The molecule has 4 aromatic heterocycles. The fourth-order valence-electron chi connectivity index (χ4n) is 5.58. The average Bonchev–Trinajstić information content (AvgIpc) is 3.61. The number of para-hydroxylation sites is 1. The van der Waals surface area contributed by atoms with Crippen molar-refractivity contribution in [2.75, 3.05) is 25.1 Å². The Balaban J connectivity index is 1.13. The lowest BCUT2D eigenvalue weighted by Crippen LogP contribution is -2.33. The van der Waals surface area contributed by atoms with Gasteiger partial charge in [-0.3, -0.25) is 4.79 Å². The third-order valence-electron chi connectivity index (χ3n) is 7.86. The first-order valence-electron chi connectivity index (χ1n) is 14.2. The number of anilines is 1. The number of aryl methyl sites for hydroxylation is 1. The van der Waals surface area contributed by atoms with Crippen LogP contribution < -0.4 is 9.64 Å². The maximum Gasteiger partial charge on any atom is 0.325 e. The van der Waals surface area contributed by atoms with Crippen LogP contribution in [0.25, 0.3) is 21.5 Å². The van der Waals surface area contributed by atoms with Gasteiger partial charge in [-0.1, -0.05) is 26.0 Å². The molecule has 43 heavy (non-hydrogen) atoms. The van der Waals surface area contributed by atoms with Crippen LogP contribution in [0.5, 0.6) is 17.6 Å². The largest absolute Gasteiger partial charge is 0.507 e. The number of hydrogen-bond acceptors (Lipinski definition) is 12. The molecule has 222 valence electrons. The summed E-state index contributed by atoms with van der Waals surface area (Å²) in [6.07, 6.45) is 3.59. The molecule has 0 bridgehead atoms. The van der Waals surface area contributed by atoms with Gasteiger partial charge in [0.2, 0.25) is 0 Å². The van der Waals surface area contributed by atoms with Crippen LogP contribution >= 0.6 is 11.3 Å². The zero-order valence-electron chi connectivity index (χ0n) is 24.4. The molecule has 0 spiro atoms. The molecule has 1 aromatic carbocycles. The number of aromatic nitrogens is 5. The molecule has 6 rings (SSSR count). The number of fused-ring (bicyclic) bond motifs is 1. The second kappa shape index (κ2) is 12.0. The molecule has 1 atom stereocenters. The first-order chi connectivity index (χ1) is 20.8. The number of aromatic hydroxyl groups is 1. The molecule has 5 aromatic rings. The minimum atomic E-state index is -0.584. The molecule has 0 amide bonds. The Morgan fingerprint density at radius 3 is 2.67 bits per heavy atom. The molecule has 11 nitrogen and oxygen atoms in total. The fraction of sp³-hybridized carbons (Fsp3) is 0.355. The van der Waals surface area contributed by atoms with Crippen molar-refractivity contribution >= 4 is 33.3 Å². The summed E-state index contributed by atoms with van der Waals surface area (Å²) in [5, 5.41) is 24.2. The first kappa shape index (κ1) is 28.5. The van der Waals surface area contributed by atoms with Crippen LogP contribution in [0.1, 0.15) is 54.7 Å². The molecule has 1 unspecified atom stereocenters. The summed E-state index contributed by atoms with van der Waals surface area (Å²) in [6, 6.07) is 12.8. The van der Waals surface area contributed by atoms with Crippen molar-refractivity contribution in [1.82, 2.24) is 25.3 Å². The molecule has 1 aliphatic rings. The highest BCUT2D eigenvalue weighted by atomic mass is 32.1. The molecule has 1 aliphatic heterocycles. The number of phenolic OH excluding ortho intramolecular Hbond substituents is 1. The molecule has 1 N–H and O–H groups in total. The summed E-state index contributed by atoms with van der Waals surface area (Å²) >= 11 is 1.70. The van der Waals surface area contributed by atoms with Crippen molar-refractivity contribution in [2.45, 2.75) is 45.4 Å². The highest BCUT2D eigenvalue weighted by Crippen LogP contribution is 2.41. The SMILES string of the molecule is COC(=O)C(c1cc(Oc2nccc(N3CCC(c4sc5nnc(-c6ccccc6O)cc5c4C)CC3)n2)no1)C(C)C. The van der Waals surface area contributed by atoms with Crippen molar-refractivity contribution in [3.63, 3.8) is 0 Å². The Morgan fingerprint density at radius 1 is 1.14 bits per heavy atom. The van der Waals surface area contributed by atoms with E-state index in [9.17, 15) is 9.90 Å². The number of esters is 1. The number of benzene rings is 1. The van der Waals surface area contributed by atoms with E-state index in [1.54, 1.807) is 35.7 Å². The van der Waals surface area contributed by atoms with Gasteiger partial charge in [0.15, 0.2) is 5.76 Å². The lowest BCUT2D eigenvalue weighted by molar-refractivity contribution is -0.144. The highest BCUT2D eigenvalue weighted by Gasteiger charge is 2.30. The van der Waals surface area contributed by atoms with E-state index in [1.807, 2.05) is 38.1 Å². The van der Waals surface area contributed by atoms with Crippen LogP contribution in [0, 0.1) is 12.8 Å². The average molecular weight is 601 g/mol. The number of hydrogen-bond donors (Lipinski definition) is 1. The van der Waals surface area contributed by atoms with Crippen molar-refractivity contribution < 1.29 is 23.9 Å². The molecule has 0 saturated carbocycles. The van der Waals surface area contributed by atoms with Gasteiger partial charge in [-0.15, -0.1) is 21.5 Å². The summed E-state index contributed by atoms with van der Waals surface area (Å²) in [7, 11) is 1.35. The summed E-state index contributed by atoms with van der Waals surface area (Å²) in [4.78, 5) is 25.5. The summed E-state index contributed by atoms with van der Waals surface area (Å²) in [5.74, 6) is 0.892. The van der Waals surface area contributed by atoms with Crippen molar-refractivity contribution in [2.24, 2.45) is 5.92 Å². The van der Waals surface area contributed by atoms with Gasteiger partial charge in [-0.05, 0) is 66.6 Å². The van der Waals surface area contributed by atoms with E-state index in [4.69, 9.17) is 14.0 Å². The number of carbonyl (C=O) groups is 1. The summed E-state index contributed by atoms with van der Waals surface area (Å²) in [6.45, 7) is 7.62. The van der Waals surface area contributed by atoms with Crippen LogP contribution in [0.2, 0.25) is 0 Å². The van der Waals surface area contributed by atoms with E-state index >= 15 is 0 Å². The van der Waals surface area contributed by atoms with Gasteiger partial charge in [-0.2, -0.15) is 4.98 Å². The van der Waals surface area contributed by atoms with Gasteiger partial charge in [0, 0.05) is 41.2 Å². The normalized spacial score (nSPS) is 14.8. The van der Waals surface area contributed by atoms with Gasteiger partial charge in [0.1, 0.15) is 22.3 Å². The standard InChI is InChI=1S/C31H32N6O5S/c1-17(2)27(30(39)40-4)24-16-26(36-42-24)41-31-32-12-9-25(33-31)37-13-10-19(11-14-37)28-18(3)21-15-22(34-35-29(21)43-28)20-7-5-6-8-23(20)38/h5-9,12,15-17,19,27,38H,10-11,13-14H2,1-4H3. The van der Waals surface area contributed by atoms with Crippen LogP contribution in [-0.4, -0.2) is 56.6 Å². The Labute approximate surface area is 252 Å². The predicted molar refractivity (Wildman–Crippen MR) is 162 cm³/mol. The van der Waals surface area contributed by atoms with Crippen LogP contribution in [0.3, 0.4) is 0 Å². The van der Waals surface area contributed by atoms with Crippen LogP contribution in [0.15, 0.2) is 53.2 Å². The molecular formula is C31H32N6O5S. The number of ether oxygens (including phenoxy) is 2. The predicted octanol–water partition coefficient (Wildman–Crippen LogP) is 6.24. The number of methoxy groups -OCH3 is 1. The maximum atomic E-state index is 12.2. The summed E-state index contributed by atoms with van der Waals surface area (Å²) in [5.41, 5.74) is 2.57. The topological polar surface area (TPSA) is 137 Å². The highest BCUT2D eigenvalue weighted by molar-refractivity contribution is 7.18. The third-order valence-corrected chi connectivity index (χ3v) is 9.21. The molecule has 0 radical (unpaired) electrons. The first-order valence-corrected chi connectivity index (χ1v) is 15.0. The molecular weight excluding hydrogens is 568 g/mol. The van der Waals surface area contributed by atoms with Crippen molar-refractivity contribution in [3.8, 4) is 28.9 Å². The Hall–Kier alpha value is -4.58. The van der Waals surface area contributed by atoms with Crippen molar-refractivity contribution in [3.05, 3.63) is 64.9 Å². The van der Waals surface area contributed by atoms with Gasteiger partial charge in [0.05, 0.1) is 12.8 Å². The zero-order chi connectivity index (χ0) is 30.1. The van der Waals surface area contributed by atoms with Crippen LogP contribution in [-0.2, 0) is 9.53 Å². The van der Waals surface area contributed by atoms with E-state index < -0.39 is 11.9 Å². The second-order valence-electron chi connectivity index (χ2n) is 10.9. The monoisotopic (exact) mass is 600 g/mol.